The van der Waals surface area contributed by atoms with Gasteiger partial charge in [-0.25, -0.2) is 4.98 Å². The van der Waals surface area contributed by atoms with Gasteiger partial charge in [0, 0.05) is 6.07 Å². The van der Waals surface area contributed by atoms with E-state index in [0.717, 1.165) is 17.1 Å². The lowest BCUT2D eigenvalue weighted by Gasteiger charge is -2.09. The number of imidazole rings is 1. The van der Waals surface area contributed by atoms with E-state index in [1.54, 1.807) is 31.4 Å². The molecule has 1 N–H and O–H groups in total. The van der Waals surface area contributed by atoms with E-state index >= 15 is 0 Å². The van der Waals surface area contributed by atoms with Crippen LogP contribution in [-0.2, 0) is 6.18 Å². The van der Waals surface area contributed by atoms with Gasteiger partial charge in [-0.1, -0.05) is 24.3 Å². The molecule has 0 unspecified atom stereocenters. The molecule has 1 heterocycles. The highest BCUT2D eigenvalue weighted by Crippen LogP contribution is 2.32. The average molecular weight is 318 g/mol. The van der Waals surface area contributed by atoms with E-state index < -0.39 is 11.7 Å². The number of fused-ring (bicyclic) bond motifs is 1. The highest BCUT2D eigenvalue weighted by Gasteiger charge is 2.32. The summed E-state index contributed by atoms with van der Waals surface area (Å²) in [6.45, 7) is 0. The molecule has 118 valence electrons. The summed E-state index contributed by atoms with van der Waals surface area (Å²) in [5.41, 5.74) is 0.898. The molecule has 0 fully saturated rings. The Hall–Kier alpha value is -2.76. The Morgan fingerprint density at radius 3 is 2.61 bits per heavy atom. The third-order valence-corrected chi connectivity index (χ3v) is 3.39. The Bertz CT molecular complexity index is 866. The van der Waals surface area contributed by atoms with Crippen molar-refractivity contribution in [3.05, 3.63) is 59.4 Å². The standard InChI is InChI=1S/C17H13F3N2O/c1-23-12-7-8-14-15(10-12)22-16(21-14)9-6-11-4-2-3-5-13(11)17(18,19)20/h2-10H,1H3,(H,21,22)/b9-6+. The fourth-order valence-corrected chi connectivity index (χ4v) is 2.28. The number of hydrogen-bond acceptors (Lipinski definition) is 2. The predicted octanol–water partition coefficient (Wildman–Crippen LogP) is 4.76. The van der Waals surface area contributed by atoms with Gasteiger partial charge in [0.05, 0.1) is 23.7 Å². The van der Waals surface area contributed by atoms with Crippen LogP contribution in [0.15, 0.2) is 42.5 Å². The maximum Gasteiger partial charge on any atom is 0.416 e. The number of ether oxygens (including phenoxy) is 1. The first-order valence-corrected chi connectivity index (χ1v) is 6.85. The number of nitrogens with zero attached hydrogens (tertiary/aromatic N) is 1. The van der Waals surface area contributed by atoms with Gasteiger partial charge in [0.25, 0.3) is 0 Å². The molecule has 3 rings (SSSR count). The van der Waals surface area contributed by atoms with Crippen molar-refractivity contribution in [2.24, 2.45) is 0 Å². The highest BCUT2D eigenvalue weighted by molar-refractivity contribution is 5.80. The summed E-state index contributed by atoms with van der Waals surface area (Å²) < 4.78 is 44.0. The van der Waals surface area contributed by atoms with Crippen LogP contribution in [0.2, 0.25) is 0 Å². The van der Waals surface area contributed by atoms with Gasteiger partial charge in [-0.15, -0.1) is 0 Å². The van der Waals surface area contributed by atoms with Gasteiger partial charge in [-0.3, -0.25) is 0 Å². The molecular formula is C17H13F3N2O. The van der Waals surface area contributed by atoms with Crippen LogP contribution in [0.5, 0.6) is 5.75 Å². The molecule has 0 aliphatic heterocycles. The van der Waals surface area contributed by atoms with Crippen LogP contribution in [0.4, 0.5) is 13.2 Å². The van der Waals surface area contributed by atoms with Crippen molar-refractivity contribution >= 4 is 23.2 Å². The number of benzene rings is 2. The second-order valence-corrected chi connectivity index (χ2v) is 4.92. The number of hydrogen-bond donors (Lipinski definition) is 1. The lowest BCUT2D eigenvalue weighted by Crippen LogP contribution is -2.06. The number of halogens is 3. The van der Waals surface area contributed by atoms with Crippen LogP contribution in [0.25, 0.3) is 23.2 Å². The molecule has 6 heteroatoms. The average Bonchev–Trinajstić information content (AvgIpc) is 2.94. The summed E-state index contributed by atoms with van der Waals surface area (Å²) >= 11 is 0. The summed E-state index contributed by atoms with van der Waals surface area (Å²) in [5, 5.41) is 0. The minimum absolute atomic E-state index is 0.0954. The number of methoxy groups -OCH3 is 1. The fourth-order valence-electron chi connectivity index (χ4n) is 2.28. The number of H-pyrrole nitrogens is 1. The van der Waals surface area contributed by atoms with E-state index in [1.807, 2.05) is 0 Å². The molecule has 0 aliphatic carbocycles. The Morgan fingerprint density at radius 1 is 1.09 bits per heavy atom. The number of rotatable bonds is 3. The molecular weight excluding hydrogens is 305 g/mol. The van der Waals surface area contributed by atoms with E-state index in [9.17, 15) is 13.2 Å². The van der Waals surface area contributed by atoms with E-state index in [0.29, 0.717) is 11.6 Å². The van der Waals surface area contributed by atoms with Gasteiger partial charge >= 0.3 is 6.18 Å². The molecule has 0 bridgehead atoms. The zero-order valence-electron chi connectivity index (χ0n) is 12.2. The first-order chi connectivity index (χ1) is 11.0. The molecule has 0 saturated heterocycles. The van der Waals surface area contributed by atoms with Gasteiger partial charge in [-0.05, 0) is 29.8 Å². The van der Waals surface area contributed by atoms with Crippen LogP contribution < -0.4 is 4.74 Å². The zero-order chi connectivity index (χ0) is 16.4. The summed E-state index contributed by atoms with van der Waals surface area (Å²) in [4.78, 5) is 7.36. The lowest BCUT2D eigenvalue weighted by atomic mass is 10.1. The Kier molecular flexibility index (Phi) is 3.82. The van der Waals surface area contributed by atoms with Crippen LogP contribution in [0.1, 0.15) is 17.0 Å². The van der Waals surface area contributed by atoms with Gasteiger partial charge < -0.3 is 9.72 Å². The molecule has 3 aromatic rings. The number of nitrogens with one attached hydrogen (secondary N) is 1. The van der Waals surface area contributed by atoms with Crippen molar-refractivity contribution < 1.29 is 17.9 Å². The molecule has 1 aromatic heterocycles. The molecule has 2 aromatic carbocycles. The van der Waals surface area contributed by atoms with E-state index in [2.05, 4.69) is 9.97 Å². The Labute approximate surface area is 130 Å². The van der Waals surface area contributed by atoms with Crippen LogP contribution in [0.3, 0.4) is 0 Å². The third-order valence-electron chi connectivity index (χ3n) is 3.39. The Morgan fingerprint density at radius 2 is 1.87 bits per heavy atom. The van der Waals surface area contributed by atoms with Crippen LogP contribution in [0, 0.1) is 0 Å². The molecule has 23 heavy (non-hydrogen) atoms. The van der Waals surface area contributed by atoms with Crippen molar-refractivity contribution in [3.8, 4) is 5.75 Å². The molecule has 3 nitrogen and oxygen atoms in total. The van der Waals surface area contributed by atoms with Crippen LogP contribution >= 0.6 is 0 Å². The van der Waals surface area contributed by atoms with E-state index in [1.165, 1.54) is 24.3 Å². The second-order valence-electron chi connectivity index (χ2n) is 4.92. The third kappa shape index (κ3) is 3.21. The molecule has 0 spiro atoms. The van der Waals surface area contributed by atoms with Gasteiger partial charge in [0.2, 0.25) is 0 Å². The van der Waals surface area contributed by atoms with Crippen molar-refractivity contribution in [3.63, 3.8) is 0 Å². The maximum atomic E-state index is 13.0. The van der Waals surface area contributed by atoms with Gasteiger partial charge in [-0.2, -0.15) is 13.2 Å². The fraction of sp³-hybridized carbons (Fsp3) is 0.118. The minimum Gasteiger partial charge on any atom is -0.497 e. The molecule has 0 atom stereocenters. The number of aromatic nitrogens is 2. The summed E-state index contributed by atoms with van der Waals surface area (Å²) in [6, 6.07) is 10.8. The summed E-state index contributed by atoms with van der Waals surface area (Å²) in [6.07, 6.45) is -1.46. The van der Waals surface area contributed by atoms with E-state index in [4.69, 9.17) is 4.74 Å². The second kappa shape index (κ2) is 5.79. The number of alkyl halides is 3. The quantitative estimate of drug-likeness (QED) is 0.756. The molecule has 0 radical (unpaired) electrons. The highest BCUT2D eigenvalue weighted by atomic mass is 19.4. The van der Waals surface area contributed by atoms with Crippen molar-refractivity contribution in [2.75, 3.05) is 7.11 Å². The lowest BCUT2D eigenvalue weighted by molar-refractivity contribution is -0.137. The molecule has 0 aliphatic rings. The largest absolute Gasteiger partial charge is 0.497 e. The van der Waals surface area contributed by atoms with Gasteiger partial charge in [0.15, 0.2) is 0 Å². The Balaban J connectivity index is 1.95. The zero-order valence-corrected chi connectivity index (χ0v) is 12.2. The summed E-state index contributed by atoms with van der Waals surface area (Å²) in [7, 11) is 1.56. The van der Waals surface area contributed by atoms with E-state index in [-0.39, 0.29) is 5.56 Å². The maximum absolute atomic E-state index is 13.0. The van der Waals surface area contributed by atoms with Gasteiger partial charge in [0.1, 0.15) is 11.6 Å². The molecule has 0 saturated carbocycles. The van der Waals surface area contributed by atoms with Crippen LogP contribution in [-0.4, -0.2) is 17.1 Å². The topological polar surface area (TPSA) is 37.9 Å². The molecule has 0 amide bonds. The first kappa shape index (κ1) is 15.1. The van der Waals surface area contributed by atoms with Crippen molar-refractivity contribution in [1.82, 2.24) is 9.97 Å². The first-order valence-electron chi connectivity index (χ1n) is 6.85. The summed E-state index contributed by atoms with van der Waals surface area (Å²) in [5.74, 6) is 1.16. The number of aromatic amines is 1. The van der Waals surface area contributed by atoms with Crippen molar-refractivity contribution in [2.45, 2.75) is 6.18 Å². The smallest absolute Gasteiger partial charge is 0.416 e. The monoisotopic (exact) mass is 318 g/mol. The minimum atomic E-state index is -4.39. The normalized spacial score (nSPS) is 12.2. The SMILES string of the molecule is COc1ccc2nc(/C=C/c3ccccc3C(F)(F)F)[nH]c2c1. The predicted molar refractivity (Wildman–Crippen MR) is 83.0 cm³/mol. The van der Waals surface area contributed by atoms with Crippen molar-refractivity contribution in [1.29, 1.82) is 0 Å².